The Morgan fingerprint density at radius 1 is 1.05 bits per heavy atom. The molecule has 8 atom stereocenters. The minimum Gasteiger partial charge on any atom is -0.481 e. The molecule has 0 aromatic heterocycles. The van der Waals surface area contributed by atoms with Gasteiger partial charge in [0, 0.05) is 13.3 Å². The van der Waals surface area contributed by atoms with Crippen molar-refractivity contribution in [1.82, 2.24) is 16.0 Å². The van der Waals surface area contributed by atoms with E-state index in [2.05, 4.69) is 20.5 Å². The maximum atomic E-state index is 12.6. The molecule has 1 fully saturated rings. The number of carbonyl (C=O) groups excluding carboxylic acids is 3. The van der Waals surface area contributed by atoms with Gasteiger partial charge in [-0.05, 0) is 20.3 Å². The summed E-state index contributed by atoms with van der Waals surface area (Å²) in [6, 6.07) is -4.44. The zero-order valence-electron chi connectivity index (χ0n) is 20.5. The normalized spacial score (nSPS) is 25.9. The summed E-state index contributed by atoms with van der Waals surface area (Å²) in [6.07, 6.45) is -9.19. The molecule has 0 unspecified atom stereocenters. The van der Waals surface area contributed by atoms with E-state index < -0.39 is 106 Å². The quantitative estimate of drug-likeness (QED) is 0.0907. The zero-order chi connectivity index (χ0) is 29.4. The molecule has 19 heteroatoms. The summed E-state index contributed by atoms with van der Waals surface area (Å²) in [4.78, 5) is 77.0. The van der Waals surface area contributed by atoms with Crippen molar-refractivity contribution in [2.45, 2.75) is 82.4 Å². The first-order valence-electron chi connectivity index (χ1n) is 11.1. The highest BCUT2D eigenvalue weighted by molar-refractivity contribution is 7.46. The zero-order valence-corrected chi connectivity index (χ0v) is 21.4. The maximum absolute atomic E-state index is 12.6. The van der Waals surface area contributed by atoms with Crippen LogP contribution in [-0.4, -0.2) is 115 Å². The molecule has 0 aromatic rings. The molecule has 1 saturated heterocycles. The van der Waals surface area contributed by atoms with E-state index >= 15 is 0 Å². The molecule has 0 spiro atoms. The molecule has 3 amide bonds. The number of ether oxygens (including phenoxy) is 2. The van der Waals surface area contributed by atoms with E-state index in [9.17, 15) is 48.5 Å². The molecular weight excluding hydrogens is 541 g/mol. The van der Waals surface area contributed by atoms with Crippen LogP contribution in [0.1, 0.15) is 33.6 Å². The number of aliphatic hydroxyl groups is 2. The van der Waals surface area contributed by atoms with Crippen molar-refractivity contribution in [3.63, 3.8) is 0 Å². The SMILES string of the molecule is CC(=O)N[C@H]1[C@@H](OP(=O)(O)O)O[C@H](CO)[C@@H](O)[C@@H]1O[C@H](C)C(=O)N[C@@H](C)C(=O)N[C@H](CCC(=O)O)C(=O)O. The number of carbonyl (C=O) groups is 5. The third kappa shape index (κ3) is 10.6. The summed E-state index contributed by atoms with van der Waals surface area (Å²) in [7, 11) is -5.20. The molecule has 1 rings (SSSR count). The summed E-state index contributed by atoms with van der Waals surface area (Å²) in [5.41, 5.74) is 0. The highest BCUT2D eigenvalue weighted by atomic mass is 31.2. The van der Waals surface area contributed by atoms with E-state index in [0.29, 0.717) is 0 Å². The first kappa shape index (κ1) is 33.3. The second kappa shape index (κ2) is 14.5. The van der Waals surface area contributed by atoms with Crippen LogP contribution >= 0.6 is 7.82 Å². The Kier molecular flexibility index (Phi) is 12.7. The Balaban J connectivity index is 2.98. The lowest BCUT2D eigenvalue weighted by molar-refractivity contribution is -0.261. The van der Waals surface area contributed by atoms with E-state index in [4.69, 9.17) is 19.7 Å². The van der Waals surface area contributed by atoms with Crippen LogP contribution in [0.5, 0.6) is 0 Å². The van der Waals surface area contributed by atoms with Crippen molar-refractivity contribution in [3.8, 4) is 0 Å². The number of aliphatic carboxylic acids is 2. The molecule has 1 aliphatic rings. The van der Waals surface area contributed by atoms with Crippen molar-refractivity contribution >= 4 is 37.5 Å². The van der Waals surface area contributed by atoms with Gasteiger partial charge < -0.3 is 55.6 Å². The average Bonchev–Trinajstić information content (AvgIpc) is 2.78. The summed E-state index contributed by atoms with van der Waals surface area (Å²) < 4.78 is 26.6. The maximum Gasteiger partial charge on any atom is 0.472 e. The fourth-order valence-electron chi connectivity index (χ4n) is 3.36. The lowest BCUT2D eigenvalue weighted by Gasteiger charge is -2.44. The van der Waals surface area contributed by atoms with Crippen molar-refractivity contribution in [2.75, 3.05) is 6.61 Å². The lowest BCUT2D eigenvalue weighted by Crippen LogP contribution is -2.66. The number of nitrogens with one attached hydrogen (secondary N) is 3. The van der Waals surface area contributed by atoms with Gasteiger partial charge in [0.15, 0.2) is 6.29 Å². The molecule has 218 valence electrons. The number of phosphoric ester groups is 1. The Morgan fingerprint density at radius 2 is 1.66 bits per heavy atom. The van der Waals surface area contributed by atoms with Gasteiger partial charge >= 0.3 is 19.8 Å². The Hall–Kier alpha value is -2.70. The van der Waals surface area contributed by atoms with Crippen molar-refractivity contribution in [3.05, 3.63) is 0 Å². The average molecular weight is 573 g/mol. The van der Waals surface area contributed by atoms with Crippen LogP contribution in [-0.2, 0) is 42.5 Å². The molecule has 0 saturated carbocycles. The van der Waals surface area contributed by atoms with Gasteiger partial charge in [-0.3, -0.25) is 23.7 Å². The number of aliphatic hydroxyl groups excluding tert-OH is 2. The summed E-state index contributed by atoms with van der Waals surface area (Å²) in [6.45, 7) is 2.55. The topological polar surface area (TPSA) is 288 Å². The van der Waals surface area contributed by atoms with Crippen molar-refractivity contribution in [2.24, 2.45) is 0 Å². The summed E-state index contributed by atoms with van der Waals surface area (Å²) in [5, 5.41) is 44.5. The number of rotatable bonds is 14. The van der Waals surface area contributed by atoms with Gasteiger partial charge in [-0.15, -0.1) is 0 Å². The smallest absolute Gasteiger partial charge is 0.472 e. The fraction of sp³-hybridized carbons (Fsp3) is 0.737. The minimum absolute atomic E-state index is 0.410. The highest BCUT2D eigenvalue weighted by Gasteiger charge is 2.49. The van der Waals surface area contributed by atoms with Gasteiger partial charge in [-0.25, -0.2) is 9.36 Å². The third-order valence-corrected chi connectivity index (χ3v) is 5.69. The molecular formula is C19H32N3O15P. The van der Waals surface area contributed by atoms with Gasteiger partial charge in [-0.2, -0.15) is 0 Å². The Labute approximate surface area is 215 Å². The predicted molar refractivity (Wildman–Crippen MR) is 121 cm³/mol. The Bertz CT molecular complexity index is 927. The molecule has 9 N–H and O–H groups in total. The van der Waals surface area contributed by atoms with Crippen molar-refractivity contribution in [1.29, 1.82) is 0 Å². The number of carboxylic acids is 2. The molecule has 1 aliphatic heterocycles. The van der Waals surface area contributed by atoms with Gasteiger partial charge in [0.2, 0.25) is 17.7 Å². The summed E-state index contributed by atoms with van der Waals surface area (Å²) >= 11 is 0. The molecule has 0 aromatic carbocycles. The number of hydrogen-bond donors (Lipinski definition) is 9. The standard InChI is InChI=1S/C19H32N3O15P/c1-7(16(28)22-10(18(30)31)4-5-12(25)26)20-17(29)8(2)35-15-13(21-9(3)24)19(37-38(32,33)34)36-11(6-23)14(15)27/h7-8,10-11,13-15,19,23,27H,4-6H2,1-3H3,(H,20,29)(H,21,24)(H,22,28)(H,25,26)(H,30,31)(H2,32,33,34)/t7-,8+,10+,11+,13+,14+,15+,19+/m0/s1. The lowest BCUT2D eigenvalue weighted by atomic mass is 9.96. The van der Waals surface area contributed by atoms with Crippen molar-refractivity contribution < 1.29 is 72.7 Å². The molecule has 0 radical (unpaired) electrons. The van der Waals surface area contributed by atoms with Gasteiger partial charge in [0.25, 0.3) is 0 Å². The number of amides is 3. The second-order valence-electron chi connectivity index (χ2n) is 8.34. The largest absolute Gasteiger partial charge is 0.481 e. The van der Waals surface area contributed by atoms with Crippen LogP contribution in [0.15, 0.2) is 0 Å². The predicted octanol–water partition coefficient (Wildman–Crippen LogP) is -3.61. The van der Waals surface area contributed by atoms with Crippen LogP contribution in [0.25, 0.3) is 0 Å². The number of carboxylic acid groups (broad SMARTS) is 2. The van der Waals surface area contributed by atoms with Crippen LogP contribution in [0.2, 0.25) is 0 Å². The molecule has 0 bridgehead atoms. The number of phosphoric acid groups is 1. The molecule has 1 heterocycles. The number of hydrogen-bond acceptors (Lipinski definition) is 11. The first-order chi connectivity index (χ1) is 17.5. The van der Waals surface area contributed by atoms with E-state index in [0.717, 1.165) is 6.92 Å². The Morgan fingerprint density at radius 3 is 2.13 bits per heavy atom. The van der Waals surface area contributed by atoms with Gasteiger partial charge in [0.05, 0.1) is 6.61 Å². The fourth-order valence-corrected chi connectivity index (χ4v) is 3.81. The second-order valence-corrected chi connectivity index (χ2v) is 9.54. The van der Waals surface area contributed by atoms with E-state index in [1.54, 1.807) is 0 Å². The first-order valence-corrected chi connectivity index (χ1v) is 12.7. The van der Waals surface area contributed by atoms with Gasteiger partial charge in [-0.1, -0.05) is 0 Å². The molecule has 18 nitrogen and oxygen atoms in total. The summed E-state index contributed by atoms with van der Waals surface area (Å²) in [5.74, 6) is -5.43. The third-order valence-electron chi connectivity index (χ3n) is 5.21. The van der Waals surface area contributed by atoms with Crippen LogP contribution in [0.4, 0.5) is 0 Å². The van der Waals surface area contributed by atoms with E-state index in [1.807, 2.05) is 0 Å². The highest BCUT2D eigenvalue weighted by Crippen LogP contribution is 2.41. The molecule has 38 heavy (non-hydrogen) atoms. The van der Waals surface area contributed by atoms with Crippen LogP contribution in [0.3, 0.4) is 0 Å². The van der Waals surface area contributed by atoms with E-state index in [-0.39, 0.29) is 0 Å². The van der Waals surface area contributed by atoms with E-state index in [1.165, 1.54) is 13.8 Å². The monoisotopic (exact) mass is 573 g/mol. The van der Waals surface area contributed by atoms with Gasteiger partial charge in [0.1, 0.15) is 42.5 Å². The van der Waals surface area contributed by atoms with Crippen LogP contribution < -0.4 is 16.0 Å². The minimum atomic E-state index is -5.20. The van der Waals surface area contributed by atoms with Crippen LogP contribution in [0, 0.1) is 0 Å². The molecule has 0 aliphatic carbocycles.